The molecule has 0 aliphatic carbocycles. The summed E-state index contributed by atoms with van der Waals surface area (Å²) in [7, 11) is 1.83. The predicted molar refractivity (Wildman–Crippen MR) is 68.3 cm³/mol. The maximum absolute atomic E-state index is 13.6. The van der Waals surface area contributed by atoms with E-state index in [1.54, 1.807) is 22.4 Å². The third-order valence-electron chi connectivity index (χ3n) is 2.12. The molecule has 0 aromatic carbocycles. The van der Waals surface area contributed by atoms with Gasteiger partial charge < -0.3 is 4.90 Å². The van der Waals surface area contributed by atoms with Crippen molar-refractivity contribution < 1.29 is 4.39 Å². The molecular formula is C11H10BrFN2S. The second kappa shape index (κ2) is 4.93. The number of hydrogen-bond acceptors (Lipinski definition) is 3. The third kappa shape index (κ3) is 2.59. The van der Waals surface area contributed by atoms with Crippen molar-refractivity contribution >= 4 is 33.1 Å². The Morgan fingerprint density at radius 1 is 1.56 bits per heavy atom. The van der Waals surface area contributed by atoms with Crippen LogP contribution in [0.4, 0.5) is 10.2 Å². The standard InChI is InChI=1S/C11H10BrFN2S/c1-15(7-9-3-2-4-16-9)11-10(13)5-8(12)6-14-11/h2-6H,7H2,1H3. The van der Waals surface area contributed by atoms with Gasteiger partial charge in [-0.05, 0) is 33.4 Å². The first-order valence-corrected chi connectivity index (χ1v) is 6.38. The molecule has 2 aromatic rings. The van der Waals surface area contributed by atoms with Gasteiger partial charge in [-0.15, -0.1) is 11.3 Å². The molecular weight excluding hydrogens is 291 g/mol. The SMILES string of the molecule is CN(Cc1cccs1)c1ncc(Br)cc1F. The first-order chi connectivity index (χ1) is 7.66. The molecule has 0 saturated heterocycles. The Kier molecular flexibility index (Phi) is 3.56. The Hall–Kier alpha value is -0.940. The summed E-state index contributed by atoms with van der Waals surface area (Å²) < 4.78 is 14.2. The lowest BCUT2D eigenvalue weighted by molar-refractivity contribution is 0.614. The second-order valence-corrected chi connectivity index (χ2v) is 5.34. The Balaban J connectivity index is 2.17. The van der Waals surface area contributed by atoms with E-state index in [1.807, 2.05) is 24.6 Å². The van der Waals surface area contributed by atoms with Gasteiger partial charge in [-0.25, -0.2) is 9.37 Å². The minimum Gasteiger partial charge on any atom is -0.352 e. The molecule has 0 unspecified atom stereocenters. The van der Waals surface area contributed by atoms with E-state index >= 15 is 0 Å². The lowest BCUT2D eigenvalue weighted by atomic mass is 10.4. The van der Waals surface area contributed by atoms with Crippen molar-refractivity contribution in [3.63, 3.8) is 0 Å². The number of rotatable bonds is 3. The van der Waals surface area contributed by atoms with Crippen LogP contribution in [0.25, 0.3) is 0 Å². The van der Waals surface area contributed by atoms with Crippen molar-refractivity contribution in [2.45, 2.75) is 6.54 Å². The van der Waals surface area contributed by atoms with Crippen LogP contribution in [0.5, 0.6) is 0 Å². The van der Waals surface area contributed by atoms with E-state index in [0.717, 1.165) is 0 Å². The predicted octanol–water partition coefficient (Wildman–Crippen LogP) is 3.68. The van der Waals surface area contributed by atoms with Gasteiger partial charge in [0.1, 0.15) is 0 Å². The van der Waals surface area contributed by atoms with Gasteiger partial charge in [0.2, 0.25) is 0 Å². The molecule has 0 N–H and O–H groups in total. The Morgan fingerprint density at radius 2 is 2.38 bits per heavy atom. The summed E-state index contributed by atoms with van der Waals surface area (Å²) in [5, 5.41) is 2.01. The summed E-state index contributed by atoms with van der Waals surface area (Å²) in [6, 6.07) is 5.43. The topological polar surface area (TPSA) is 16.1 Å². The van der Waals surface area contributed by atoms with Crippen LogP contribution < -0.4 is 4.90 Å². The zero-order valence-corrected chi connectivity index (χ0v) is 11.1. The maximum Gasteiger partial charge on any atom is 0.166 e. The van der Waals surface area contributed by atoms with Crippen LogP contribution in [0.15, 0.2) is 34.2 Å². The van der Waals surface area contributed by atoms with Crippen molar-refractivity contribution in [2.24, 2.45) is 0 Å². The second-order valence-electron chi connectivity index (χ2n) is 3.39. The molecule has 0 atom stereocenters. The average molecular weight is 301 g/mol. The summed E-state index contributed by atoms with van der Waals surface area (Å²) in [6.07, 6.45) is 1.60. The van der Waals surface area contributed by atoms with E-state index in [2.05, 4.69) is 20.9 Å². The fourth-order valence-electron chi connectivity index (χ4n) is 1.40. The molecule has 2 heterocycles. The number of aromatic nitrogens is 1. The van der Waals surface area contributed by atoms with Gasteiger partial charge in [0.05, 0.1) is 6.54 Å². The lowest BCUT2D eigenvalue weighted by Crippen LogP contribution is -2.18. The van der Waals surface area contributed by atoms with Gasteiger partial charge in [0, 0.05) is 22.6 Å². The molecule has 0 aliphatic rings. The molecule has 0 radical (unpaired) electrons. The number of hydrogen-bond donors (Lipinski definition) is 0. The highest BCUT2D eigenvalue weighted by molar-refractivity contribution is 9.10. The van der Waals surface area contributed by atoms with Gasteiger partial charge in [-0.3, -0.25) is 0 Å². The molecule has 0 amide bonds. The molecule has 5 heteroatoms. The maximum atomic E-state index is 13.6. The number of pyridine rings is 1. The van der Waals surface area contributed by atoms with Crippen LogP contribution in [0, 0.1) is 5.82 Å². The summed E-state index contributed by atoms with van der Waals surface area (Å²) >= 11 is 4.84. The number of halogens is 2. The van der Waals surface area contributed by atoms with Gasteiger partial charge in [0.25, 0.3) is 0 Å². The van der Waals surface area contributed by atoms with Gasteiger partial charge in [-0.2, -0.15) is 0 Å². The quantitative estimate of drug-likeness (QED) is 0.859. The van der Waals surface area contributed by atoms with Crippen LogP contribution in [-0.2, 0) is 6.54 Å². The van der Waals surface area contributed by atoms with Crippen LogP contribution in [0.1, 0.15) is 4.88 Å². The molecule has 2 rings (SSSR count). The Labute approximate surface area is 106 Å². The zero-order valence-electron chi connectivity index (χ0n) is 8.65. The molecule has 0 aliphatic heterocycles. The molecule has 2 nitrogen and oxygen atoms in total. The largest absolute Gasteiger partial charge is 0.352 e. The lowest BCUT2D eigenvalue weighted by Gasteiger charge is -2.17. The molecule has 84 valence electrons. The van der Waals surface area contributed by atoms with Crippen molar-refractivity contribution in [1.82, 2.24) is 4.98 Å². The highest BCUT2D eigenvalue weighted by atomic mass is 79.9. The Morgan fingerprint density at radius 3 is 3.00 bits per heavy atom. The monoisotopic (exact) mass is 300 g/mol. The summed E-state index contributed by atoms with van der Waals surface area (Å²) in [6.45, 7) is 0.670. The number of anilines is 1. The van der Waals surface area contributed by atoms with Gasteiger partial charge in [-0.1, -0.05) is 6.07 Å². The minimum atomic E-state index is -0.312. The fourth-order valence-corrected chi connectivity index (χ4v) is 2.46. The van der Waals surface area contributed by atoms with Crippen molar-refractivity contribution in [2.75, 3.05) is 11.9 Å². The molecule has 16 heavy (non-hydrogen) atoms. The first-order valence-electron chi connectivity index (χ1n) is 4.71. The highest BCUT2D eigenvalue weighted by Crippen LogP contribution is 2.21. The summed E-state index contributed by atoms with van der Waals surface area (Å²) in [5.74, 6) is 0.0602. The average Bonchev–Trinajstić information content (AvgIpc) is 2.70. The van der Waals surface area contributed by atoms with Crippen LogP contribution in [0.3, 0.4) is 0 Å². The molecule has 2 aromatic heterocycles. The smallest absolute Gasteiger partial charge is 0.166 e. The molecule has 0 spiro atoms. The zero-order chi connectivity index (χ0) is 11.5. The van der Waals surface area contributed by atoms with E-state index in [9.17, 15) is 4.39 Å². The first kappa shape index (κ1) is 11.5. The normalized spacial score (nSPS) is 10.4. The third-order valence-corrected chi connectivity index (χ3v) is 3.42. The van der Waals surface area contributed by atoms with Crippen molar-refractivity contribution in [3.05, 3.63) is 44.9 Å². The van der Waals surface area contributed by atoms with Crippen molar-refractivity contribution in [3.8, 4) is 0 Å². The summed E-state index contributed by atoms with van der Waals surface area (Å²) in [5.41, 5.74) is 0. The summed E-state index contributed by atoms with van der Waals surface area (Å²) in [4.78, 5) is 7.05. The van der Waals surface area contributed by atoms with Gasteiger partial charge in [0.15, 0.2) is 11.6 Å². The van der Waals surface area contributed by atoms with Crippen molar-refractivity contribution in [1.29, 1.82) is 0 Å². The molecule has 0 bridgehead atoms. The highest BCUT2D eigenvalue weighted by Gasteiger charge is 2.10. The van der Waals surface area contributed by atoms with E-state index in [4.69, 9.17) is 0 Å². The van der Waals surface area contributed by atoms with E-state index in [1.165, 1.54) is 10.9 Å². The molecule has 0 fully saturated rings. The molecule has 0 saturated carbocycles. The Bertz CT molecular complexity index is 473. The number of thiophene rings is 1. The van der Waals surface area contributed by atoms with E-state index in [0.29, 0.717) is 16.8 Å². The van der Waals surface area contributed by atoms with E-state index in [-0.39, 0.29) is 5.82 Å². The minimum absolute atomic E-state index is 0.312. The fraction of sp³-hybridized carbons (Fsp3) is 0.182. The van der Waals surface area contributed by atoms with Crippen LogP contribution >= 0.6 is 27.3 Å². The van der Waals surface area contributed by atoms with E-state index < -0.39 is 0 Å². The van der Waals surface area contributed by atoms with Gasteiger partial charge >= 0.3 is 0 Å². The van der Waals surface area contributed by atoms with Crippen LogP contribution in [-0.4, -0.2) is 12.0 Å². The number of nitrogens with zero attached hydrogens (tertiary/aromatic N) is 2. The van der Waals surface area contributed by atoms with Crippen LogP contribution in [0.2, 0.25) is 0 Å².